The lowest BCUT2D eigenvalue weighted by atomic mass is 10.0. The first-order chi connectivity index (χ1) is 12.8. The topological polar surface area (TPSA) is 119 Å². The number of aliphatic carboxylic acids is 1. The molecular formula is C19H15BrN2O5. The number of ketones is 1. The molecule has 1 aromatic heterocycles. The zero-order chi connectivity index (χ0) is 19.6. The Hall–Kier alpha value is -3.13. The highest BCUT2D eigenvalue weighted by atomic mass is 79.9. The summed E-state index contributed by atoms with van der Waals surface area (Å²) >= 11 is 3.32. The molecule has 1 heterocycles. The van der Waals surface area contributed by atoms with Gasteiger partial charge in [-0.05, 0) is 35.9 Å². The van der Waals surface area contributed by atoms with Gasteiger partial charge in [-0.3, -0.25) is 9.59 Å². The van der Waals surface area contributed by atoms with E-state index in [4.69, 9.17) is 0 Å². The van der Waals surface area contributed by atoms with E-state index in [0.29, 0.717) is 16.5 Å². The van der Waals surface area contributed by atoms with E-state index in [1.165, 1.54) is 18.3 Å². The maximum absolute atomic E-state index is 12.5. The van der Waals surface area contributed by atoms with Crippen LogP contribution in [0.15, 0.2) is 53.1 Å². The molecule has 4 N–H and O–H groups in total. The summed E-state index contributed by atoms with van der Waals surface area (Å²) in [6.45, 7) is 0. The standard InChI is InChI=1S/C19H15BrN2O5/c20-11-3-6-15-13(8-11)14(9-21-15)17(24)18(25)22-16(19(26)27)7-10-1-4-12(23)5-2-10/h1-6,8-9,16,21,23H,7H2,(H,22,25)(H,26,27). The van der Waals surface area contributed by atoms with E-state index in [1.807, 2.05) is 0 Å². The number of amides is 1. The van der Waals surface area contributed by atoms with Gasteiger partial charge >= 0.3 is 5.97 Å². The quantitative estimate of drug-likeness (QED) is 0.354. The number of phenols is 1. The van der Waals surface area contributed by atoms with Crippen molar-refractivity contribution in [3.8, 4) is 5.75 Å². The Labute approximate surface area is 162 Å². The second kappa shape index (κ2) is 7.63. The molecule has 7 nitrogen and oxygen atoms in total. The number of rotatable bonds is 6. The number of H-pyrrole nitrogens is 1. The van der Waals surface area contributed by atoms with Crippen molar-refractivity contribution in [1.29, 1.82) is 0 Å². The van der Waals surface area contributed by atoms with Gasteiger partial charge in [0.25, 0.3) is 11.7 Å². The first kappa shape index (κ1) is 18.7. The number of benzene rings is 2. The molecule has 0 radical (unpaired) electrons. The third-order valence-electron chi connectivity index (χ3n) is 4.07. The van der Waals surface area contributed by atoms with E-state index in [2.05, 4.69) is 26.2 Å². The highest BCUT2D eigenvalue weighted by molar-refractivity contribution is 9.10. The maximum Gasteiger partial charge on any atom is 0.326 e. The molecule has 1 atom stereocenters. The van der Waals surface area contributed by atoms with Crippen LogP contribution in [0.25, 0.3) is 10.9 Å². The fraction of sp³-hybridized carbons (Fsp3) is 0.105. The van der Waals surface area contributed by atoms with E-state index in [0.717, 1.165) is 4.47 Å². The molecule has 0 spiro atoms. The summed E-state index contributed by atoms with van der Waals surface area (Å²) in [5.41, 5.74) is 1.45. The second-order valence-electron chi connectivity index (χ2n) is 5.96. The average Bonchev–Trinajstić information content (AvgIpc) is 3.05. The van der Waals surface area contributed by atoms with Crippen LogP contribution in [0.5, 0.6) is 5.75 Å². The van der Waals surface area contributed by atoms with Gasteiger partial charge < -0.3 is 20.5 Å². The molecule has 2 aromatic carbocycles. The van der Waals surface area contributed by atoms with E-state index in [-0.39, 0.29) is 17.7 Å². The summed E-state index contributed by atoms with van der Waals surface area (Å²) in [4.78, 5) is 39.2. The number of aromatic nitrogens is 1. The van der Waals surface area contributed by atoms with Crippen LogP contribution < -0.4 is 5.32 Å². The Kier molecular flexibility index (Phi) is 5.27. The molecule has 0 fully saturated rings. The number of halogens is 1. The second-order valence-corrected chi connectivity index (χ2v) is 6.87. The minimum Gasteiger partial charge on any atom is -0.508 e. The number of carbonyl (C=O) groups is 3. The third kappa shape index (κ3) is 4.17. The van der Waals surface area contributed by atoms with Gasteiger partial charge in [0.2, 0.25) is 0 Å². The Morgan fingerprint density at radius 1 is 1.11 bits per heavy atom. The smallest absolute Gasteiger partial charge is 0.326 e. The number of Topliss-reactive ketones (excluding diaryl/α,β-unsaturated/α-hetero) is 1. The van der Waals surface area contributed by atoms with Crippen LogP contribution in [0.3, 0.4) is 0 Å². The monoisotopic (exact) mass is 430 g/mol. The largest absolute Gasteiger partial charge is 0.508 e. The lowest BCUT2D eigenvalue weighted by molar-refractivity contribution is -0.141. The number of carboxylic acids is 1. The van der Waals surface area contributed by atoms with Gasteiger partial charge in [0.15, 0.2) is 0 Å². The number of phenolic OH excluding ortho intramolecular Hbond substituents is 1. The molecule has 1 unspecified atom stereocenters. The number of hydrogen-bond donors (Lipinski definition) is 4. The molecule has 1 amide bonds. The van der Waals surface area contributed by atoms with E-state index in [9.17, 15) is 24.6 Å². The van der Waals surface area contributed by atoms with Gasteiger partial charge in [-0.2, -0.15) is 0 Å². The summed E-state index contributed by atoms with van der Waals surface area (Å²) in [5.74, 6) is -3.03. The Morgan fingerprint density at radius 2 is 1.81 bits per heavy atom. The van der Waals surface area contributed by atoms with Crippen molar-refractivity contribution in [2.45, 2.75) is 12.5 Å². The van der Waals surface area contributed by atoms with E-state index < -0.39 is 23.7 Å². The van der Waals surface area contributed by atoms with E-state index in [1.54, 1.807) is 30.3 Å². The number of carboxylic acid groups (broad SMARTS) is 1. The van der Waals surface area contributed by atoms with Crippen LogP contribution in [-0.2, 0) is 16.0 Å². The predicted molar refractivity (Wildman–Crippen MR) is 102 cm³/mol. The van der Waals surface area contributed by atoms with Crippen LogP contribution in [0.1, 0.15) is 15.9 Å². The van der Waals surface area contributed by atoms with Crippen molar-refractivity contribution >= 4 is 44.5 Å². The molecule has 0 aliphatic heterocycles. The first-order valence-electron chi connectivity index (χ1n) is 7.97. The van der Waals surface area contributed by atoms with Gasteiger partial charge in [0.1, 0.15) is 11.8 Å². The number of nitrogens with one attached hydrogen (secondary N) is 2. The van der Waals surface area contributed by atoms with Gasteiger partial charge in [-0.1, -0.05) is 28.1 Å². The fourth-order valence-electron chi connectivity index (χ4n) is 2.69. The molecule has 0 aliphatic carbocycles. The van der Waals surface area contributed by atoms with Gasteiger partial charge in [0, 0.05) is 28.0 Å². The summed E-state index contributed by atoms with van der Waals surface area (Å²) < 4.78 is 0.750. The highest BCUT2D eigenvalue weighted by Crippen LogP contribution is 2.23. The Bertz CT molecular complexity index is 1030. The van der Waals surface area contributed by atoms with Gasteiger partial charge in [-0.15, -0.1) is 0 Å². The Morgan fingerprint density at radius 3 is 2.48 bits per heavy atom. The van der Waals surface area contributed by atoms with Gasteiger partial charge in [0.05, 0.1) is 5.56 Å². The summed E-state index contributed by atoms with van der Waals surface area (Å²) in [6.07, 6.45) is 1.41. The maximum atomic E-state index is 12.5. The van der Waals surface area contributed by atoms with Crippen LogP contribution in [-0.4, -0.2) is 38.9 Å². The number of carbonyl (C=O) groups excluding carboxylic acids is 2. The van der Waals surface area contributed by atoms with Crippen molar-refractivity contribution in [2.75, 3.05) is 0 Å². The van der Waals surface area contributed by atoms with Crippen LogP contribution in [0, 0.1) is 0 Å². The summed E-state index contributed by atoms with van der Waals surface area (Å²) in [7, 11) is 0. The molecule has 27 heavy (non-hydrogen) atoms. The third-order valence-corrected chi connectivity index (χ3v) is 4.57. The first-order valence-corrected chi connectivity index (χ1v) is 8.77. The molecule has 0 saturated carbocycles. The molecule has 3 rings (SSSR count). The zero-order valence-electron chi connectivity index (χ0n) is 13.9. The summed E-state index contributed by atoms with van der Waals surface area (Å²) in [5, 5.41) is 21.5. The minimum atomic E-state index is -1.28. The van der Waals surface area contributed by atoms with Crippen molar-refractivity contribution in [3.05, 3.63) is 64.3 Å². The lowest BCUT2D eigenvalue weighted by Crippen LogP contribution is -2.45. The van der Waals surface area contributed by atoms with Crippen molar-refractivity contribution in [3.63, 3.8) is 0 Å². The van der Waals surface area contributed by atoms with Crippen molar-refractivity contribution in [1.82, 2.24) is 10.3 Å². The zero-order valence-corrected chi connectivity index (χ0v) is 15.5. The fourth-order valence-corrected chi connectivity index (χ4v) is 3.06. The number of hydrogen-bond acceptors (Lipinski definition) is 4. The number of aromatic amines is 1. The van der Waals surface area contributed by atoms with Crippen LogP contribution in [0.2, 0.25) is 0 Å². The molecule has 0 bridgehead atoms. The number of fused-ring (bicyclic) bond motifs is 1. The van der Waals surface area contributed by atoms with E-state index >= 15 is 0 Å². The molecule has 138 valence electrons. The summed E-state index contributed by atoms with van der Waals surface area (Å²) in [6, 6.07) is 9.94. The molecular weight excluding hydrogens is 416 g/mol. The Balaban J connectivity index is 1.78. The highest BCUT2D eigenvalue weighted by Gasteiger charge is 2.26. The predicted octanol–water partition coefficient (Wildman–Crippen LogP) is 2.63. The molecule has 0 saturated heterocycles. The SMILES string of the molecule is O=C(NC(Cc1ccc(O)cc1)C(=O)O)C(=O)c1c[nH]c2ccc(Br)cc12. The van der Waals surface area contributed by atoms with Crippen LogP contribution in [0.4, 0.5) is 0 Å². The molecule has 3 aromatic rings. The molecule has 8 heteroatoms. The normalized spacial score (nSPS) is 11.9. The van der Waals surface area contributed by atoms with Crippen LogP contribution >= 0.6 is 15.9 Å². The van der Waals surface area contributed by atoms with Crippen molar-refractivity contribution in [2.24, 2.45) is 0 Å². The van der Waals surface area contributed by atoms with Crippen molar-refractivity contribution < 1.29 is 24.6 Å². The minimum absolute atomic E-state index is 0.0198. The molecule has 0 aliphatic rings. The average molecular weight is 431 g/mol. The number of aromatic hydroxyl groups is 1. The lowest BCUT2D eigenvalue weighted by Gasteiger charge is -2.14. The van der Waals surface area contributed by atoms with Gasteiger partial charge in [-0.25, -0.2) is 4.79 Å².